The van der Waals surface area contributed by atoms with E-state index in [2.05, 4.69) is 10.4 Å². The summed E-state index contributed by atoms with van der Waals surface area (Å²) in [5.41, 5.74) is 6.56. The number of fused-ring (bicyclic) bond motifs is 1. The highest BCUT2D eigenvalue weighted by atomic mass is 32.2. The number of aromatic nitrogens is 2. The summed E-state index contributed by atoms with van der Waals surface area (Å²) in [5, 5.41) is 18.2. The highest BCUT2D eigenvalue weighted by molar-refractivity contribution is 7.80. The number of nitrogens with one attached hydrogen (secondary N) is 1. The lowest BCUT2D eigenvalue weighted by molar-refractivity contribution is -0.384. The topological polar surface area (TPSA) is 165 Å². The lowest BCUT2D eigenvalue weighted by atomic mass is 10.1. The summed E-state index contributed by atoms with van der Waals surface area (Å²) in [6, 6.07) is 9.61. The maximum atomic E-state index is 12.7. The van der Waals surface area contributed by atoms with Gasteiger partial charge in [-0.3, -0.25) is 24.9 Å². The average molecular weight is 458 g/mol. The minimum Gasteiger partial charge on any atom is -0.769 e. The Morgan fingerprint density at radius 1 is 1.31 bits per heavy atom. The summed E-state index contributed by atoms with van der Waals surface area (Å²) in [5.74, 6) is -0.869. The van der Waals surface area contributed by atoms with Crippen LogP contribution in [0.2, 0.25) is 0 Å². The van der Waals surface area contributed by atoms with Crippen LogP contribution in [0.1, 0.15) is 41.4 Å². The smallest absolute Gasteiger partial charge is 0.270 e. The van der Waals surface area contributed by atoms with Gasteiger partial charge in [-0.15, -0.1) is 0 Å². The minimum atomic E-state index is -2.96. The first-order valence-electron chi connectivity index (χ1n) is 9.84. The molecule has 4 rings (SSSR count). The van der Waals surface area contributed by atoms with Gasteiger partial charge in [-0.25, -0.2) is 4.68 Å². The third-order valence-electron chi connectivity index (χ3n) is 5.33. The van der Waals surface area contributed by atoms with Crippen LogP contribution in [0.4, 0.5) is 5.69 Å². The molecule has 3 N–H and O–H groups in total. The normalized spacial score (nSPS) is 19.2. The van der Waals surface area contributed by atoms with E-state index in [0.717, 1.165) is 30.8 Å². The van der Waals surface area contributed by atoms with Crippen LogP contribution in [0.25, 0.3) is 10.9 Å². The van der Waals surface area contributed by atoms with Gasteiger partial charge in [0.2, 0.25) is 0 Å². The summed E-state index contributed by atoms with van der Waals surface area (Å²) in [7, 11) is 0. The van der Waals surface area contributed by atoms with Gasteiger partial charge < -0.3 is 14.6 Å². The number of carbonyl (C=O) groups is 1. The molecule has 1 aromatic heterocycles. The monoisotopic (exact) mass is 458 g/mol. The summed E-state index contributed by atoms with van der Waals surface area (Å²) in [4.78, 5) is 20.7. The molecule has 1 amide bonds. The first-order valence-corrected chi connectivity index (χ1v) is 10.9. The van der Waals surface area contributed by atoms with E-state index in [0.29, 0.717) is 12.0 Å². The summed E-state index contributed by atoms with van der Waals surface area (Å²) in [6.45, 7) is 0.648. The quantitative estimate of drug-likeness (QED) is 0.245. The summed E-state index contributed by atoms with van der Waals surface area (Å²) < 4.78 is 31.6. The van der Waals surface area contributed by atoms with Crippen LogP contribution in [-0.4, -0.2) is 36.0 Å². The van der Waals surface area contributed by atoms with Gasteiger partial charge in [-0.2, -0.15) is 5.10 Å². The Morgan fingerprint density at radius 2 is 2.12 bits per heavy atom. The maximum absolute atomic E-state index is 12.7. The van der Waals surface area contributed by atoms with Crippen LogP contribution >= 0.6 is 0 Å². The lowest BCUT2D eigenvalue weighted by Crippen LogP contribution is -2.56. The maximum Gasteiger partial charge on any atom is 0.270 e. The molecule has 0 saturated carbocycles. The molecule has 32 heavy (non-hydrogen) atoms. The molecule has 11 nitrogen and oxygen atoms in total. The van der Waals surface area contributed by atoms with Crippen LogP contribution in [-0.2, 0) is 20.8 Å². The van der Waals surface area contributed by atoms with E-state index >= 15 is 0 Å². The van der Waals surface area contributed by atoms with Crippen LogP contribution in [0.3, 0.4) is 0 Å². The van der Waals surface area contributed by atoms with Crippen LogP contribution in [0.5, 0.6) is 0 Å². The predicted molar refractivity (Wildman–Crippen MR) is 114 cm³/mol. The van der Waals surface area contributed by atoms with Crippen molar-refractivity contribution in [2.45, 2.75) is 30.5 Å². The van der Waals surface area contributed by atoms with Gasteiger partial charge >= 0.3 is 0 Å². The van der Waals surface area contributed by atoms with Crippen molar-refractivity contribution in [1.29, 1.82) is 0 Å². The minimum absolute atomic E-state index is 0.0946. The van der Waals surface area contributed by atoms with Gasteiger partial charge in [0.25, 0.3) is 11.6 Å². The number of nitrogens with two attached hydrogens (primary N) is 1. The first-order chi connectivity index (χ1) is 15.3. The zero-order valence-electron chi connectivity index (χ0n) is 16.8. The van der Waals surface area contributed by atoms with Crippen molar-refractivity contribution < 1.29 is 23.2 Å². The summed E-state index contributed by atoms with van der Waals surface area (Å²) >= 11 is -2.96. The number of rotatable bonds is 6. The van der Waals surface area contributed by atoms with Gasteiger partial charge in [0.15, 0.2) is 11.2 Å². The molecule has 0 radical (unpaired) electrons. The fourth-order valence-corrected chi connectivity index (χ4v) is 4.14. The molecule has 2 heterocycles. The van der Waals surface area contributed by atoms with Gasteiger partial charge in [0, 0.05) is 35.3 Å². The van der Waals surface area contributed by atoms with Crippen molar-refractivity contribution in [2.24, 2.45) is 5.73 Å². The third-order valence-corrected chi connectivity index (χ3v) is 6.20. The fraction of sp³-hybridized carbons (Fsp3) is 0.300. The number of hydrogen-bond acceptors (Lipinski definition) is 8. The van der Waals surface area contributed by atoms with Crippen LogP contribution < -0.4 is 11.1 Å². The van der Waals surface area contributed by atoms with Crippen molar-refractivity contribution >= 4 is 33.6 Å². The number of nitro groups is 1. The standard InChI is InChI=1S/C20H21N5O6S/c21-20(32(29)30,23-19(26)13-4-3-5-16(11-13)25(27)28)15-7-8-17-14(10-15)12-22-24(17)18-6-1-2-9-31-18/h3-5,7-8,10-12,18H,1-2,6,9,21H2,(H,23,26)(H,29,30)/p-1. The molecule has 0 spiro atoms. The summed E-state index contributed by atoms with van der Waals surface area (Å²) in [6.07, 6.45) is 4.22. The molecule has 1 aliphatic rings. The number of ether oxygens (including phenoxy) is 1. The van der Waals surface area contributed by atoms with Crippen molar-refractivity contribution in [3.05, 3.63) is 69.9 Å². The van der Waals surface area contributed by atoms with Crippen molar-refractivity contribution in [2.75, 3.05) is 6.61 Å². The molecule has 3 atom stereocenters. The Bertz CT molecular complexity index is 1210. The van der Waals surface area contributed by atoms with E-state index in [4.69, 9.17) is 10.5 Å². The second-order valence-corrected chi connectivity index (χ2v) is 8.53. The zero-order chi connectivity index (χ0) is 22.9. The molecule has 1 aliphatic heterocycles. The Kier molecular flexibility index (Phi) is 6.02. The molecule has 0 bridgehead atoms. The molecule has 0 aliphatic carbocycles. The number of amides is 1. The van der Waals surface area contributed by atoms with Crippen molar-refractivity contribution in [1.82, 2.24) is 15.1 Å². The molecule has 3 aromatic rings. The van der Waals surface area contributed by atoms with E-state index in [-0.39, 0.29) is 23.0 Å². The Labute approximate surface area is 185 Å². The molecular weight excluding hydrogens is 438 g/mol. The van der Waals surface area contributed by atoms with E-state index < -0.39 is 26.9 Å². The highest BCUT2D eigenvalue weighted by Crippen LogP contribution is 2.29. The number of nitrogens with zero attached hydrogens (tertiary/aromatic N) is 3. The molecule has 1 saturated heterocycles. The molecule has 3 unspecified atom stereocenters. The second kappa shape index (κ2) is 8.74. The van der Waals surface area contributed by atoms with Crippen molar-refractivity contribution in [3.63, 3.8) is 0 Å². The van der Waals surface area contributed by atoms with E-state index in [9.17, 15) is 23.7 Å². The van der Waals surface area contributed by atoms with E-state index in [1.807, 2.05) is 0 Å². The van der Waals surface area contributed by atoms with Crippen LogP contribution in [0.15, 0.2) is 48.7 Å². The second-order valence-electron chi connectivity index (χ2n) is 7.42. The Morgan fingerprint density at radius 3 is 2.81 bits per heavy atom. The lowest BCUT2D eigenvalue weighted by Gasteiger charge is -2.33. The first kappa shape index (κ1) is 22.0. The van der Waals surface area contributed by atoms with E-state index in [1.54, 1.807) is 16.9 Å². The molecule has 168 valence electrons. The number of nitro benzene ring substituents is 1. The number of hydrogen-bond donors (Lipinski definition) is 2. The number of non-ortho nitro benzene ring substituents is 1. The molecule has 2 aromatic carbocycles. The van der Waals surface area contributed by atoms with Gasteiger partial charge in [0.05, 0.1) is 16.6 Å². The SMILES string of the molecule is NC(NC(=O)c1cccc([N+](=O)[O-])c1)(c1ccc2c(cnn2C2CCCCO2)c1)S(=O)[O-]. The van der Waals surface area contributed by atoms with Gasteiger partial charge in [-0.1, -0.05) is 12.1 Å². The van der Waals surface area contributed by atoms with Crippen molar-refractivity contribution in [3.8, 4) is 0 Å². The largest absolute Gasteiger partial charge is 0.769 e. The third kappa shape index (κ3) is 4.12. The van der Waals surface area contributed by atoms with Gasteiger partial charge in [-0.05, 0) is 48.5 Å². The van der Waals surface area contributed by atoms with Gasteiger partial charge in [0.1, 0.15) is 0 Å². The predicted octanol–water partition coefficient (Wildman–Crippen LogP) is 2.02. The van der Waals surface area contributed by atoms with Crippen LogP contribution in [0, 0.1) is 10.1 Å². The molecule has 12 heteroatoms. The van der Waals surface area contributed by atoms with E-state index in [1.165, 1.54) is 30.3 Å². The fourth-order valence-electron chi connectivity index (χ4n) is 3.64. The highest BCUT2D eigenvalue weighted by Gasteiger charge is 2.32. The zero-order valence-corrected chi connectivity index (χ0v) is 17.6. The Hall–Kier alpha value is -3.19. The number of carbonyl (C=O) groups excluding carboxylic acids is 1. The molecular formula is C20H20N5O6S-. The Balaban J connectivity index is 1.65. The average Bonchev–Trinajstić information content (AvgIpc) is 3.23. The number of benzene rings is 2. The molecule has 1 fully saturated rings.